The van der Waals surface area contributed by atoms with Gasteiger partial charge in [0.15, 0.2) is 0 Å². The molecule has 0 aliphatic heterocycles. The molecule has 0 spiro atoms. The van der Waals surface area contributed by atoms with E-state index in [1.54, 1.807) is 6.20 Å². The Labute approximate surface area is 110 Å². The number of sulfonamides is 1. The number of nitrogens with one attached hydrogen (secondary N) is 1. The van der Waals surface area contributed by atoms with Crippen molar-refractivity contribution < 1.29 is 12.8 Å². The fraction of sp³-hybridized carbons (Fsp3) is 0.182. The minimum atomic E-state index is -3.84. The lowest BCUT2D eigenvalue weighted by molar-refractivity contribution is 0.466. The molecule has 102 valence electrons. The van der Waals surface area contributed by atoms with Crippen molar-refractivity contribution in [1.82, 2.24) is 14.5 Å². The third kappa shape index (κ3) is 2.74. The topological polar surface area (TPSA) is 92.1 Å². The van der Waals surface area contributed by atoms with Gasteiger partial charge in [-0.25, -0.2) is 12.8 Å². The lowest BCUT2D eigenvalue weighted by atomic mass is 10.3. The van der Waals surface area contributed by atoms with E-state index in [0.717, 1.165) is 16.4 Å². The van der Waals surface area contributed by atoms with Gasteiger partial charge in [-0.15, -0.1) is 0 Å². The highest BCUT2D eigenvalue weighted by molar-refractivity contribution is 7.89. The number of hydrogen-bond acceptors (Lipinski definition) is 4. The van der Waals surface area contributed by atoms with Crippen molar-refractivity contribution >= 4 is 15.7 Å². The number of nitrogen functional groups attached to an aromatic ring is 1. The number of anilines is 1. The SMILES string of the molecule is CN(Cc1cn[nH]c1)S(=O)(=O)c1cc(F)ccc1N. The van der Waals surface area contributed by atoms with E-state index in [4.69, 9.17) is 5.73 Å². The molecule has 1 aromatic carbocycles. The van der Waals surface area contributed by atoms with Crippen LogP contribution in [0.15, 0.2) is 35.5 Å². The molecule has 0 aliphatic rings. The van der Waals surface area contributed by atoms with Crippen LogP contribution in [0.4, 0.5) is 10.1 Å². The first-order valence-corrected chi connectivity index (χ1v) is 6.84. The summed E-state index contributed by atoms with van der Waals surface area (Å²) in [4.78, 5) is -0.238. The molecular formula is C11H13FN4O2S. The molecule has 2 aromatic rings. The van der Waals surface area contributed by atoms with E-state index in [9.17, 15) is 12.8 Å². The highest BCUT2D eigenvalue weighted by Gasteiger charge is 2.24. The Balaban J connectivity index is 2.33. The number of hydrogen-bond donors (Lipinski definition) is 2. The van der Waals surface area contributed by atoms with Crippen LogP contribution in [0.25, 0.3) is 0 Å². The summed E-state index contributed by atoms with van der Waals surface area (Å²) in [6.45, 7) is 0.120. The normalized spacial score (nSPS) is 11.9. The lowest BCUT2D eigenvalue weighted by Crippen LogP contribution is -2.27. The van der Waals surface area contributed by atoms with Gasteiger partial charge in [0, 0.05) is 25.4 Å². The summed E-state index contributed by atoms with van der Waals surface area (Å²) in [5, 5.41) is 6.32. The zero-order valence-corrected chi connectivity index (χ0v) is 11.0. The maximum atomic E-state index is 13.2. The number of benzene rings is 1. The monoisotopic (exact) mass is 284 g/mol. The largest absolute Gasteiger partial charge is 0.398 e. The van der Waals surface area contributed by atoms with Crippen molar-refractivity contribution in [1.29, 1.82) is 0 Å². The molecule has 19 heavy (non-hydrogen) atoms. The predicted octanol–water partition coefficient (Wildman–Crippen LogP) is 0.952. The molecule has 0 saturated heterocycles. The summed E-state index contributed by atoms with van der Waals surface area (Å²) in [6, 6.07) is 3.26. The second-order valence-corrected chi connectivity index (χ2v) is 6.06. The van der Waals surface area contributed by atoms with E-state index in [2.05, 4.69) is 10.2 Å². The maximum Gasteiger partial charge on any atom is 0.245 e. The Morgan fingerprint density at radius 3 is 2.84 bits per heavy atom. The van der Waals surface area contributed by atoms with Gasteiger partial charge in [0.1, 0.15) is 10.7 Å². The summed E-state index contributed by atoms with van der Waals surface area (Å²) in [5.74, 6) is -0.649. The highest BCUT2D eigenvalue weighted by Crippen LogP contribution is 2.23. The minimum Gasteiger partial charge on any atom is -0.398 e. The van der Waals surface area contributed by atoms with Crippen molar-refractivity contribution in [3.8, 4) is 0 Å². The van der Waals surface area contributed by atoms with Crippen LogP contribution < -0.4 is 5.73 Å². The first kappa shape index (κ1) is 13.5. The molecule has 0 aliphatic carbocycles. The van der Waals surface area contributed by atoms with Crippen molar-refractivity contribution in [3.63, 3.8) is 0 Å². The second-order valence-electron chi connectivity index (χ2n) is 4.05. The number of aromatic amines is 1. The van der Waals surface area contributed by atoms with Crippen LogP contribution in [0.1, 0.15) is 5.56 Å². The fourth-order valence-electron chi connectivity index (χ4n) is 1.61. The van der Waals surface area contributed by atoms with E-state index < -0.39 is 15.8 Å². The summed E-state index contributed by atoms with van der Waals surface area (Å²) in [6.07, 6.45) is 3.10. The maximum absolute atomic E-state index is 13.2. The molecule has 0 bridgehead atoms. The first-order valence-electron chi connectivity index (χ1n) is 5.40. The molecule has 0 fully saturated rings. The quantitative estimate of drug-likeness (QED) is 0.818. The van der Waals surface area contributed by atoms with Crippen LogP contribution in [0.3, 0.4) is 0 Å². The molecule has 1 aromatic heterocycles. The number of H-pyrrole nitrogens is 1. The van der Waals surface area contributed by atoms with Crippen molar-refractivity contribution in [3.05, 3.63) is 42.0 Å². The zero-order valence-electron chi connectivity index (χ0n) is 10.2. The van der Waals surface area contributed by atoms with Gasteiger partial charge in [-0.1, -0.05) is 0 Å². The molecule has 3 N–H and O–H groups in total. The summed E-state index contributed by atoms with van der Waals surface area (Å²) >= 11 is 0. The summed E-state index contributed by atoms with van der Waals surface area (Å²) < 4.78 is 38.8. The van der Waals surface area contributed by atoms with Crippen LogP contribution in [0.2, 0.25) is 0 Å². The van der Waals surface area contributed by atoms with Gasteiger partial charge in [-0.05, 0) is 18.2 Å². The van der Waals surface area contributed by atoms with Crippen LogP contribution >= 0.6 is 0 Å². The van der Waals surface area contributed by atoms with Crippen LogP contribution in [0.5, 0.6) is 0 Å². The molecule has 0 atom stereocenters. The van der Waals surface area contributed by atoms with E-state index in [0.29, 0.717) is 5.56 Å². The fourth-order valence-corrected chi connectivity index (χ4v) is 2.89. The lowest BCUT2D eigenvalue weighted by Gasteiger charge is -2.17. The third-order valence-corrected chi connectivity index (χ3v) is 4.48. The number of aromatic nitrogens is 2. The minimum absolute atomic E-state index is 0.0143. The van der Waals surface area contributed by atoms with Crippen LogP contribution in [0, 0.1) is 5.82 Å². The number of rotatable bonds is 4. The molecule has 0 saturated carbocycles. The molecule has 2 rings (SSSR count). The standard InChI is InChI=1S/C11H13FN4O2S/c1-16(7-8-5-14-15-6-8)19(17,18)11-4-9(12)2-3-10(11)13/h2-6H,7,13H2,1H3,(H,14,15). The third-order valence-electron chi connectivity index (χ3n) is 2.62. The zero-order chi connectivity index (χ0) is 14.0. The van der Waals surface area contributed by atoms with Gasteiger partial charge in [0.2, 0.25) is 10.0 Å². The van der Waals surface area contributed by atoms with Crippen molar-refractivity contribution in [2.45, 2.75) is 11.4 Å². The van der Waals surface area contributed by atoms with Gasteiger partial charge >= 0.3 is 0 Å². The van der Waals surface area contributed by atoms with Gasteiger partial charge in [-0.3, -0.25) is 5.10 Å². The highest BCUT2D eigenvalue weighted by atomic mass is 32.2. The Bertz CT molecular complexity index is 670. The number of halogens is 1. The van der Waals surface area contributed by atoms with E-state index in [-0.39, 0.29) is 17.1 Å². The summed E-state index contributed by atoms with van der Waals surface area (Å²) in [5.41, 5.74) is 6.31. The van der Waals surface area contributed by atoms with Gasteiger partial charge in [-0.2, -0.15) is 9.40 Å². The van der Waals surface area contributed by atoms with E-state index in [1.165, 1.54) is 19.3 Å². The average molecular weight is 284 g/mol. The number of nitrogens with zero attached hydrogens (tertiary/aromatic N) is 2. The summed E-state index contributed by atoms with van der Waals surface area (Å²) in [7, 11) is -2.45. The Morgan fingerprint density at radius 1 is 1.47 bits per heavy atom. The van der Waals surface area contributed by atoms with Gasteiger partial charge in [0.25, 0.3) is 0 Å². The Kier molecular flexibility index (Phi) is 3.54. The molecule has 0 radical (unpaired) electrons. The Morgan fingerprint density at radius 2 is 2.21 bits per heavy atom. The molecule has 1 heterocycles. The first-order chi connectivity index (χ1) is 8.91. The smallest absolute Gasteiger partial charge is 0.245 e. The predicted molar refractivity (Wildman–Crippen MR) is 68.1 cm³/mol. The molecule has 0 unspecified atom stereocenters. The van der Waals surface area contributed by atoms with Crippen molar-refractivity contribution in [2.24, 2.45) is 0 Å². The van der Waals surface area contributed by atoms with E-state index in [1.807, 2.05) is 0 Å². The van der Waals surface area contributed by atoms with Crippen LogP contribution in [-0.2, 0) is 16.6 Å². The van der Waals surface area contributed by atoms with Gasteiger partial charge in [0.05, 0.1) is 11.9 Å². The van der Waals surface area contributed by atoms with E-state index >= 15 is 0 Å². The molecule has 6 nitrogen and oxygen atoms in total. The molecular weight excluding hydrogens is 271 g/mol. The molecule has 0 amide bonds. The van der Waals surface area contributed by atoms with Gasteiger partial charge < -0.3 is 5.73 Å². The average Bonchev–Trinajstić information content (AvgIpc) is 2.85. The molecule has 8 heteroatoms. The Hall–Kier alpha value is -1.93. The second kappa shape index (κ2) is 4.98. The number of nitrogens with two attached hydrogens (primary N) is 1. The van der Waals surface area contributed by atoms with Crippen LogP contribution in [-0.4, -0.2) is 30.0 Å². The van der Waals surface area contributed by atoms with Crippen molar-refractivity contribution in [2.75, 3.05) is 12.8 Å².